The lowest BCUT2D eigenvalue weighted by atomic mass is 9.73. The van der Waals surface area contributed by atoms with E-state index in [9.17, 15) is 0 Å². The molecular formula is C17H35N3. The van der Waals surface area contributed by atoms with E-state index in [2.05, 4.69) is 30.6 Å². The lowest BCUT2D eigenvalue weighted by Crippen LogP contribution is -2.62. The Morgan fingerprint density at radius 1 is 1.20 bits per heavy atom. The number of nitrogens with zero attached hydrogens (tertiary/aromatic N) is 2. The maximum absolute atomic E-state index is 6.25. The molecule has 1 heterocycles. The van der Waals surface area contributed by atoms with Crippen molar-refractivity contribution in [3.8, 4) is 0 Å². The first kappa shape index (κ1) is 16.3. The Labute approximate surface area is 125 Å². The van der Waals surface area contributed by atoms with Crippen LogP contribution in [0.15, 0.2) is 0 Å². The molecule has 0 aromatic carbocycles. The van der Waals surface area contributed by atoms with E-state index >= 15 is 0 Å². The fraction of sp³-hybridized carbons (Fsp3) is 1.00. The number of hydrogen-bond donors (Lipinski definition) is 1. The first-order valence-corrected chi connectivity index (χ1v) is 8.84. The Balaban J connectivity index is 1.96. The maximum atomic E-state index is 6.25. The fourth-order valence-electron chi connectivity index (χ4n) is 4.31. The zero-order chi connectivity index (χ0) is 14.6. The second kappa shape index (κ2) is 7.24. The Kier molecular flexibility index (Phi) is 5.88. The van der Waals surface area contributed by atoms with Gasteiger partial charge in [-0.3, -0.25) is 9.80 Å². The molecule has 0 amide bonds. The molecule has 0 bridgehead atoms. The first-order valence-electron chi connectivity index (χ1n) is 8.84. The van der Waals surface area contributed by atoms with E-state index in [0.717, 1.165) is 18.5 Å². The quantitative estimate of drug-likeness (QED) is 0.841. The van der Waals surface area contributed by atoms with Gasteiger partial charge in [0.25, 0.3) is 0 Å². The Hall–Kier alpha value is -0.120. The number of piperazine rings is 1. The molecule has 3 heteroatoms. The summed E-state index contributed by atoms with van der Waals surface area (Å²) in [5, 5.41) is 0. The van der Waals surface area contributed by atoms with Crippen molar-refractivity contribution in [1.82, 2.24) is 9.80 Å². The van der Waals surface area contributed by atoms with Crippen molar-refractivity contribution in [2.45, 2.75) is 70.9 Å². The van der Waals surface area contributed by atoms with Crippen LogP contribution in [0, 0.1) is 5.92 Å². The molecule has 0 aromatic rings. The highest BCUT2D eigenvalue weighted by Crippen LogP contribution is 2.38. The van der Waals surface area contributed by atoms with E-state index in [4.69, 9.17) is 5.73 Å². The highest BCUT2D eigenvalue weighted by atomic mass is 15.3. The topological polar surface area (TPSA) is 32.5 Å². The lowest BCUT2D eigenvalue weighted by molar-refractivity contribution is -0.0100. The third-order valence-corrected chi connectivity index (χ3v) is 6.08. The number of rotatable bonds is 5. The largest absolute Gasteiger partial charge is 0.329 e. The summed E-state index contributed by atoms with van der Waals surface area (Å²) in [6, 6.07) is 0.737. The molecule has 20 heavy (non-hydrogen) atoms. The lowest BCUT2D eigenvalue weighted by Gasteiger charge is -2.51. The minimum Gasteiger partial charge on any atom is -0.329 e. The molecule has 3 unspecified atom stereocenters. The Bertz CT molecular complexity index is 286. The van der Waals surface area contributed by atoms with E-state index in [1.807, 2.05) is 0 Å². The summed E-state index contributed by atoms with van der Waals surface area (Å²) in [6.45, 7) is 12.8. The molecule has 1 saturated carbocycles. The van der Waals surface area contributed by atoms with Gasteiger partial charge >= 0.3 is 0 Å². The van der Waals surface area contributed by atoms with E-state index < -0.39 is 0 Å². The van der Waals surface area contributed by atoms with Gasteiger partial charge in [-0.1, -0.05) is 33.1 Å². The summed E-state index contributed by atoms with van der Waals surface area (Å²) in [5.41, 5.74) is 6.57. The van der Waals surface area contributed by atoms with Crippen LogP contribution in [0.3, 0.4) is 0 Å². The fourth-order valence-corrected chi connectivity index (χ4v) is 4.31. The van der Waals surface area contributed by atoms with E-state index in [1.165, 1.54) is 64.7 Å². The molecule has 2 aliphatic rings. The van der Waals surface area contributed by atoms with Gasteiger partial charge in [-0.25, -0.2) is 0 Å². The van der Waals surface area contributed by atoms with Crippen LogP contribution in [-0.4, -0.2) is 54.1 Å². The van der Waals surface area contributed by atoms with Gasteiger partial charge in [-0.05, 0) is 32.1 Å². The highest BCUT2D eigenvalue weighted by molar-refractivity contribution is 4.98. The van der Waals surface area contributed by atoms with Crippen molar-refractivity contribution in [3.63, 3.8) is 0 Å². The maximum Gasteiger partial charge on any atom is 0.0335 e. The average molecular weight is 281 g/mol. The highest BCUT2D eigenvalue weighted by Gasteiger charge is 2.40. The van der Waals surface area contributed by atoms with Crippen molar-refractivity contribution in [2.75, 3.05) is 32.7 Å². The van der Waals surface area contributed by atoms with Gasteiger partial charge in [0.2, 0.25) is 0 Å². The van der Waals surface area contributed by atoms with Crippen molar-refractivity contribution >= 4 is 0 Å². The number of nitrogens with two attached hydrogens (primary N) is 1. The molecule has 1 saturated heterocycles. The van der Waals surface area contributed by atoms with Crippen molar-refractivity contribution in [3.05, 3.63) is 0 Å². The van der Waals surface area contributed by atoms with Crippen molar-refractivity contribution in [2.24, 2.45) is 11.7 Å². The molecule has 118 valence electrons. The van der Waals surface area contributed by atoms with Crippen LogP contribution in [0.2, 0.25) is 0 Å². The van der Waals surface area contributed by atoms with Crippen LogP contribution < -0.4 is 5.73 Å². The zero-order valence-corrected chi connectivity index (χ0v) is 13.9. The second-order valence-corrected chi connectivity index (χ2v) is 7.08. The van der Waals surface area contributed by atoms with E-state index in [1.54, 1.807) is 0 Å². The molecule has 3 atom stereocenters. The van der Waals surface area contributed by atoms with Gasteiger partial charge in [0.1, 0.15) is 0 Å². The van der Waals surface area contributed by atoms with Crippen LogP contribution in [0.4, 0.5) is 0 Å². The molecule has 1 aliphatic carbocycles. The summed E-state index contributed by atoms with van der Waals surface area (Å²) in [7, 11) is 0. The zero-order valence-electron chi connectivity index (χ0n) is 13.9. The van der Waals surface area contributed by atoms with Gasteiger partial charge < -0.3 is 5.73 Å². The van der Waals surface area contributed by atoms with Crippen LogP contribution >= 0.6 is 0 Å². The van der Waals surface area contributed by atoms with Crippen LogP contribution in [-0.2, 0) is 0 Å². The molecule has 2 N–H and O–H groups in total. The molecule has 0 radical (unpaired) electrons. The van der Waals surface area contributed by atoms with Crippen LogP contribution in [0.1, 0.15) is 59.3 Å². The third kappa shape index (κ3) is 3.37. The van der Waals surface area contributed by atoms with Crippen molar-refractivity contribution < 1.29 is 0 Å². The molecule has 2 fully saturated rings. The molecule has 0 spiro atoms. The van der Waals surface area contributed by atoms with E-state index in [0.29, 0.717) is 5.54 Å². The van der Waals surface area contributed by atoms with Gasteiger partial charge in [0.15, 0.2) is 0 Å². The van der Waals surface area contributed by atoms with Crippen LogP contribution in [0.5, 0.6) is 0 Å². The van der Waals surface area contributed by atoms with E-state index in [-0.39, 0.29) is 0 Å². The number of hydrogen-bond acceptors (Lipinski definition) is 3. The standard InChI is InChI=1S/C17H35N3/c1-4-15(3)19-9-11-20(12-10-19)17(14-18)8-6-7-16(5-2)13-17/h15-16H,4-14,18H2,1-3H3. The Morgan fingerprint density at radius 2 is 1.90 bits per heavy atom. The third-order valence-electron chi connectivity index (χ3n) is 6.08. The van der Waals surface area contributed by atoms with Gasteiger partial charge in [-0.2, -0.15) is 0 Å². The molecule has 3 nitrogen and oxygen atoms in total. The summed E-state index contributed by atoms with van der Waals surface area (Å²) in [6.07, 6.45) is 8.05. The predicted molar refractivity (Wildman–Crippen MR) is 86.9 cm³/mol. The van der Waals surface area contributed by atoms with Gasteiger partial charge in [0, 0.05) is 44.3 Å². The minimum atomic E-state index is 0.320. The molecule has 0 aromatic heterocycles. The van der Waals surface area contributed by atoms with Gasteiger partial charge in [0.05, 0.1) is 0 Å². The monoisotopic (exact) mass is 281 g/mol. The normalized spacial score (nSPS) is 35.1. The summed E-state index contributed by atoms with van der Waals surface area (Å²) in [5.74, 6) is 0.903. The minimum absolute atomic E-state index is 0.320. The van der Waals surface area contributed by atoms with Crippen LogP contribution in [0.25, 0.3) is 0 Å². The first-order chi connectivity index (χ1) is 9.65. The summed E-state index contributed by atoms with van der Waals surface area (Å²) in [4.78, 5) is 5.40. The molecule has 1 aliphatic heterocycles. The average Bonchev–Trinajstić information content (AvgIpc) is 2.54. The van der Waals surface area contributed by atoms with Crippen molar-refractivity contribution in [1.29, 1.82) is 0 Å². The molecular weight excluding hydrogens is 246 g/mol. The van der Waals surface area contributed by atoms with Gasteiger partial charge in [-0.15, -0.1) is 0 Å². The summed E-state index contributed by atoms with van der Waals surface area (Å²) >= 11 is 0. The summed E-state index contributed by atoms with van der Waals surface area (Å²) < 4.78 is 0. The second-order valence-electron chi connectivity index (χ2n) is 7.08. The molecule has 2 rings (SSSR count). The predicted octanol–water partition coefficient (Wildman–Crippen LogP) is 2.70. The smallest absolute Gasteiger partial charge is 0.0335 e. The Morgan fingerprint density at radius 3 is 2.45 bits per heavy atom. The SMILES string of the molecule is CCC1CCCC(CN)(N2CCN(C(C)CC)CC2)C1.